The van der Waals surface area contributed by atoms with Crippen LogP contribution in [-0.4, -0.2) is 17.0 Å². The molecule has 0 aliphatic heterocycles. The topological polar surface area (TPSA) is 84.3 Å². The molecule has 6 nitrogen and oxygen atoms in total. The lowest BCUT2D eigenvalue weighted by Gasteiger charge is -2.13. The zero-order chi connectivity index (χ0) is 15.2. The van der Waals surface area contributed by atoms with Crippen LogP contribution in [0, 0.1) is 10.1 Å². The smallest absolute Gasteiger partial charge is 0.319 e. The molecule has 21 heavy (non-hydrogen) atoms. The maximum atomic E-state index is 11.8. The Hall–Kier alpha value is -2.41. The van der Waals surface area contributed by atoms with Gasteiger partial charge in [-0.05, 0) is 30.5 Å². The number of nitro benzene ring substituents is 1. The molecule has 0 saturated heterocycles. The Morgan fingerprint density at radius 3 is 2.62 bits per heavy atom. The molecule has 7 heteroatoms. The SMILES string of the molecule is C[C@H](Cc1cccs1)NC(=O)Nc1ccc([N+](=O)[O-])cc1. The van der Waals surface area contributed by atoms with E-state index in [0.29, 0.717) is 5.69 Å². The van der Waals surface area contributed by atoms with Gasteiger partial charge >= 0.3 is 6.03 Å². The van der Waals surface area contributed by atoms with Gasteiger partial charge in [-0.3, -0.25) is 10.1 Å². The van der Waals surface area contributed by atoms with E-state index in [2.05, 4.69) is 10.6 Å². The number of carbonyl (C=O) groups is 1. The standard InChI is InChI=1S/C14H15N3O3S/c1-10(9-13-3-2-8-21-13)15-14(18)16-11-4-6-12(7-5-11)17(19)20/h2-8,10H,9H2,1H3,(H2,15,16,18)/t10-/m1/s1. The molecule has 0 unspecified atom stereocenters. The molecule has 1 atom stereocenters. The summed E-state index contributed by atoms with van der Waals surface area (Å²) in [6, 6.07) is 9.38. The van der Waals surface area contributed by atoms with Crippen molar-refractivity contribution in [3.8, 4) is 0 Å². The average Bonchev–Trinajstić information content (AvgIpc) is 2.91. The summed E-state index contributed by atoms with van der Waals surface area (Å²) in [6.45, 7) is 1.93. The Labute approximate surface area is 126 Å². The summed E-state index contributed by atoms with van der Waals surface area (Å²) >= 11 is 1.65. The maximum Gasteiger partial charge on any atom is 0.319 e. The molecule has 2 aromatic rings. The number of nitrogens with one attached hydrogen (secondary N) is 2. The maximum absolute atomic E-state index is 11.8. The van der Waals surface area contributed by atoms with Crippen molar-refractivity contribution >= 4 is 28.7 Å². The third-order valence-electron chi connectivity index (χ3n) is 2.80. The Morgan fingerprint density at radius 2 is 2.05 bits per heavy atom. The summed E-state index contributed by atoms with van der Waals surface area (Å²) in [5, 5.41) is 18.0. The molecule has 2 rings (SSSR count). The molecule has 0 fully saturated rings. The van der Waals surface area contributed by atoms with Crippen molar-refractivity contribution in [2.24, 2.45) is 0 Å². The quantitative estimate of drug-likeness (QED) is 0.656. The molecule has 1 aromatic carbocycles. The predicted octanol–water partition coefficient (Wildman–Crippen LogP) is 3.41. The van der Waals surface area contributed by atoms with Gasteiger partial charge in [0.05, 0.1) is 4.92 Å². The highest BCUT2D eigenvalue weighted by atomic mass is 32.1. The molecule has 2 amide bonds. The van der Waals surface area contributed by atoms with Gasteiger partial charge in [-0.15, -0.1) is 11.3 Å². The molecule has 110 valence electrons. The van der Waals surface area contributed by atoms with E-state index in [9.17, 15) is 14.9 Å². The second-order valence-corrected chi connectivity index (χ2v) is 5.62. The van der Waals surface area contributed by atoms with E-state index in [1.807, 2.05) is 24.4 Å². The first-order valence-corrected chi connectivity index (χ1v) is 7.27. The molecule has 1 aromatic heterocycles. The van der Waals surface area contributed by atoms with E-state index in [1.54, 1.807) is 11.3 Å². The minimum atomic E-state index is -0.479. The number of hydrogen-bond donors (Lipinski definition) is 2. The third-order valence-corrected chi connectivity index (χ3v) is 3.70. The predicted molar refractivity (Wildman–Crippen MR) is 82.7 cm³/mol. The van der Waals surface area contributed by atoms with Gasteiger partial charge in [0.25, 0.3) is 5.69 Å². The first kappa shape index (κ1) is 15.0. The number of thiophene rings is 1. The van der Waals surface area contributed by atoms with Crippen LogP contribution in [0.5, 0.6) is 0 Å². The van der Waals surface area contributed by atoms with Gasteiger partial charge in [0.2, 0.25) is 0 Å². The van der Waals surface area contributed by atoms with E-state index in [1.165, 1.54) is 29.1 Å². The van der Waals surface area contributed by atoms with E-state index >= 15 is 0 Å². The Balaban J connectivity index is 1.84. The Morgan fingerprint density at radius 1 is 1.33 bits per heavy atom. The zero-order valence-electron chi connectivity index (χ0n) is 11.4. The van der Waals surface area contributed by atoms with Crippen molar-refractivity contribution in [2.75, 3.05) is 5.32 Å². The van der Waals surface area contributed by atoms with Crippen LogP contribution < -0.4 is 10.6 Å². The number of nitrogens with zero attached hydrogens (tertiary/aromatic N) is 1. The number of rotatable bonds is 5. The Kier molecular flexibility index (Phi) is 4.89. The van der Waals surface area contributed by atoms with Crippen LogP contribution in [0.3, 0.4) is 0 Å². The van der Waals surface area contributed by atoms with Crippen molar-refractivity contribution in [3.63, 3.8) is 0 Å². The second kappa shape index (κ2) is 6.85. The van der Waals surface area contributed by atoms with Gasteiger partial charge in [-0.2, -0.15) is 0 Å². The highest BCUT2D eigenvalue weighted by molar-refractivity contribution is 7.09. The summed E-state index contributed by atoms with van der Waals surface area (Å²) in [5.74, 6) is 0. The third kappa shape index (κ3) is 4.57. The molecular formula is C14H15N3O3S. The first-order valence-electron chi connectivity index (χ1n) is 6.39. The van der Waals surface area contributed by atoms with E-state index in [0.717, 1.165) is 6.42 Å². The summed E-state index contributed by atoms with van der Waals surface area (Å²) in [7, 11) is 0. The van der Waals surface area contributed by atoms with Gasteiger partial charge in [-0.1, -0.05) is 6.07 Å². The van der Waals surface area contributed by atoms with Crippen LogP contribution in [0.4, 0.5) is 16.2 Å². The van der Waals surface area contributed by atoms with E-state index in [4.69, 9.17) is 0 Å². The van der Waals surface area contributed by atoms with Crippen molar-refractivity contribution in [3.05, 3.63) is 56.8 Å². The van der Waals surface area contributed by atoms with Crippen molar-refractivity contribution in [1.82, 2.24) is 5.32 Å². The summed E-state index contributed by atoms with van der Waals surface area (Å²) in [5.41, 5.74) is 0.508. The van der Waals surface area contributed by atoms with Crippen molar-refractivity contribution < 1.29 is 9.72 Å². The minimum Gasteiger partial charge on any atom is -0.335 e. The molecule has 0 bridgehead atoms. The van der Waals surface area contributed by atoms with Crippen LogP contribution in [0.15, 0.2) is 41.8 Å². The number of anilines is 1. The molecule has 1 heterocycles. The van der Waals surface area contributed by atoms with Crippen LogP contribution in [0.2, 0.25) is 0 Å². The van der Waals surface area contributed by atoms with E-state index < -0.39 is 4.92 Å². The molecular weight excluding hydrogens is 290 g/mol. The first-order chi connectivity index (χ1) is 10.0. The number of non-ortho nitro benzene ring substituents is 1. The average molecular weight is 305 g/mol. The fourth-order valence-electron chi connectivity index (χ4n) is 1.84. The number of amides is 2. The largest absolute Gasteiger partial charge is 0.335 e. The van der Waals surface area contributed by atoms with Gasteiger partial charge in [-0.25, -0.2) is 4.79 Å². The lowest BCUT2D eigenvalue weighted by Crippen LogP contribution is -2.37. The van der Waals surface area contributed by atoms with Gasteiger partial charge in [0.1, 0.15) is 0 Å². The van der Waals surface area contributed by atoms with Gasteiger partial charge in [0.15, 0.2) is 0 Å². The number of urea groups is 1. The lowest BCUT2D eigenvalue weighted by atomic mass is 10.2. The molecule has 0 spiro atoms. The minimum absolute atomic E-state index is 0.00157. The van der Waals surface area contributed by atoms with Crippen LogP contribution >= 0.6 is 11.3 Å². The molecule has 0 aliphatic carbocycles. The lowest BCUT2D eigenvalue weighted by molar-refractivity contribution is -0.384. The van der Waals surface area contributed by atoms with Crippen molar-refractivity contribution in [2.45, 2.75) is 19.4 Å². The summed E-state index contributed by atoms with van der Waals surface area (Å²) in [4.78, 5) is 23.1. The number of benzene rings is 1. The Bertz CT molecular complexity index is 611. The number of hydrogen-bond acceptors (Lipinski definition) is 4. The van der Waals surface area contributed by atoms with Gasteiger partial charge < -0.3 is 10.6 Å². The molecule has 0 saturated carbocycles. The summed E-state index contributed by atoms with van der Waals surface area (Å²) in [6.07, 6.45) is 0.769. The van der Waals surface area contributed by atoms with Crippen LogP contribution in [-0.2, 0) is 6.42 Å². The van der Waals surface area contributed by atoms with Crippen LogP contribution in [0.25, 0.3) is 0 Å². The molecule has 0 radical (unpaired) electrons. The highest BCUT2D eigenvalue weighted by Crippen LogP contribution is 2.15. The van der Waals surface area contributed by atoms with Crippen LogP contribution in [0.1, 0.15) is 11.8 Å². The monoisotopic (exact) mass is 305 g/mol. The molecule has 0 aliphatic rings. The normalized spacial score (nSPS) is 11.7. The fraction of sp³-hybridized carbons (Fsp3) is 0.214. The molecule has 2 N–H and O–H groups in total. The van der Waals surface area contributed by atoms with E-state index in [-0.39, 0.29) is 17.8 Å². The summed E-state index contributed by atoms with van der Waals surface area (Å²) < 4.78 is 0. The zero-order valence-corrected chi connectivity index (χ0v) is 12.2. The van der Waals surface area contributed by atoms with Crippen molar-refractivity contribution in [1.29, 1.82) is 0 Å². The second-order valence-electron chi connectivity index (χ2n) is 4.59. The number of carbonyl (C=O) groups excluding carboxylic acids is 1. The fourth-order valence-corrected chi connectivity index (χ4v) is 2.67. The van der Waals surface area contributed by atoms with Gasteiger partial charge in [0, 0.05) is 35.2 Å². The number of nitro groups is 1. The highest BCUT2D eigenvalue weighted by Gasteiger charge is 2.10.